The van der Waals surface area contributed by atoms with E-state index in [1.807, 2.05) is 0 Å². The molecular formula is C15H21FN2O2. The van der Waals surface area contributed by atoms with Gasteiger partial charge in [-0.15, -0.1) is 0 Å². The van der Waals surface area contributed by atoms with Gasteiger partial charge in [0.1, 0.15) is 5.82 Å². The van der Waals surface area contributed by atoms with Crippen LogP contribution >= 0.6 is 0 Å². The number of ether oxygens (including phenoxy) is 1. The zero-order valence-corrected chi connectivity index (χ0v) is 11.9. The first-order chi connectivity index (χ1) is 9.52. The van der Waals surface area contributed by atoms with Crippen LogP contribution in [0.2, 0.25) is 0 Å². The molecule has 1 aliphatic heterocycles. The molecule has 0 aliphatic carbocycles. The Morgan fingerprint density at radius 1 is 1.55 bits per heavy atom. The molecule has 1 aromatic carbocycles. The molecule has 1 aliphatic rings. The summed E-state index contributed by atoms with van der Waals surface area (Å²) in [7, 11) is 0. The van der Waals surface area contributed by atoms with Crippen LogP contribution in [0.3, 0.4) is 0 Å². The highest BCUT2D eigenvalue weighted by Gasteiger charge is 2.27. The Labute approximate surface area is 118 Å². The zero-order valence-electron chi connectivity index (χ0n) is 11.9. The third-order valence-electron chi connectivity index (χ3n) is 3.92. The van der Waals surface area contributed by atoms with Gasteiger partial charge < -0.3 is 15.8 Å². The van der Waals surface area contributed by atoms with Gasteiger partial charge in [-0.25, -0.2) is 4.39 Å². The maximum atomic E-state index is 13.6. The number of carbonyl (C=O) groups is 1. The monoisotopic (exact) mass is 280 g/mol. The van der Waals surface area contributed by atoms with Crippen molar-refractivity contribution >= 4 is 11.6 Å². The van der Waals surface area contributed by atoms with E-state index in [0.717, 1.165) is 19.4 Å². The summed E-state index contributed by atoms with van der Waals surface area (Å²) in [5.41, 5.74) is 6.61. The minimum absolute atomic E-state index is 0.204. The van der Waals surface area contributed by atoms with Crippen LogP contribution in [0, 0.1) is 18.7 Å². The van der Waals surface area contributed by atoms with Gasteiger partial charge in [-0.1, -0.05) is 6.92 Å². The van der Waals surface area contributed by atoms with Crippen LogP contribution in [0.15, 0.2) is 12.1 Å². The lowest BCUT2D eigenvalue weighted by atomic mass is 9.99. The van der Waals surface area contributed by atoms with Crippen molar-refractivity contribution in [2.75, 3.05) is 18.9 Å². The Morgan fingerprint density at radius 3 is 2.95 bits per heavy atom. The van der Waals surface area contributed by atoms with E-state index < -0.39 is 5.82 Å². The molecule has 0 bridgehead atoms. The van der Waals surface area contributed by atoms with Crippen molar-refractivity contribution in [3.05, 3.63) is 29.1 Å². The number of halogens is 1. The van der Waals surface area contributed by atoms with Crippen LogP contribution in [0.25, 0.3) is 0 Å². The number of amides is 1. The largest absolute Gasteiger partial charge is 0.398 e. The molecule has 1 fully saturated rings. The molecule has 2 atom stereocenters. The van der Waals surface area contributed by atoms with E-state index in [1.54, 1.807) is 6.92 Å². The minimum Gasteiger partial charge on any atom is -0.398 e. The number of carbonyl (C=O) groups excluding carboxylic acids is 1. The summed E-state index contributed by atoms with van der Waals surface area (Å²) in [4.78, 5) is 12.0. The number of anilines is 1. The van der Waals surface area contributed by atoms with Gasteiger partial charge in [0.25, 0.3) is 5.91 Å². The highest BCUT2D eigenvalue weighted by molar-refractivity contribution is 5.95. The van der Waals surface area contributed by atoms with Crippen molar-refractivity contribution in [3.63, 3.8) is 0 Å². The van der Waals surface area contributed by atoms with Crippen LogP contribution in [-0.2, 0) is 4.74 Å². The second-order valence-electron chi connectivity index (χ2n) is 5.25. The molecular weight excluding hydrogens is 259 g/mol. The molecule has 0 spiro atoms. The van der Waals surface area contributed by atoms with E-state index in [4.69, 9.17) is 10.5 Å². The van der Waals surface area contributed by atoms with Crippen molar-refractivity contribution in [1.29, 1.82) is 0 Å². The lowest BCUT2D eigenvalue weighted by Gasteiger charge is -2.17. The minimum atomic E-state index is -0.453. The summed E-state index contributed by atoms with van der Waals surface area (Å²) in [6.07, 6.45) is 2.09. The van der Waals surface area contributed by atoms with Gasteiger partial charge in [0, 0.05) is 35.9 Å². The molecule has 110 valence electrons. The van der Waals surface area contributed by atoms with E-state index in [-0.39, 0.29) is 17.6 Å². The van der Waals surface area contributed by atoms with Gasteiger partial charge in [-0.2, -0.15) is 0 Å². The van der Waals surface area contributed by atoms with Gasteiger partial charge in [-0.3, -0.25) is 4.79 Å². The maximum absolute atomic E-state index is 13.6. The fourth-order valence-corrected chi connectivity index (χ4v) is 2.53. The number of hydrogen-bond donors (Lipinski definition) is 2. The second-order valence-corrected chi connectivity index (χ2v) is 5.25. The van der Waals surface area contributed by atoms with Crippen LogP contribution in [-0.4, -0.2) is 25.2 Å². The molecule has 0 aromatic heterocycles. The maximum Gasteiger partial charge on any atom is 0.251 e. The number of rotatable bonds is 4. The lowest BCUT2D eigenvalue weighted by Crippen LogP contribution is -2.32. The van der Waals surface area contributed by atoms with Crippen molar-refractivity contribution < 1.29 is 13.9 Å². The van der Waals surface area contributed by atoms with E-state index in [9.17, 15) is 9.18 Å². The predicted molar refractivity (Wildman–Crippen MR) is 76.0 cm³/mol. The molecule has 4 nitrogen and oxygen atoms in total. The van der Waals surface area contributed by atoms with Gasteiger partial charge >= 0.3 is 0 Å². The Morgan fingerprint density at radius 2 is 2.30 bits per heavy atom. The van der Waals surface area contributed by atoms with Crippen molar-refractivity contribution in [2.24, 2.45) is 5.92 Å². The number of nitrogens with one attached hydrogen (secondary N) is 1. The summed E-state index contributed by atoms with van der Waals surface area (Å²) in [5, 5.41) is 2.84. The average Bonchev–Trinajstić information content (AvgIpc) is 2.89. The molecule has 1 saturated heterocycles. The zero-order chi connectivity index (χ0) is 14.7. The number of nitrogen functional groups attached to an aromatic ring is 1. The third-order valence-corrected chi connectivity index (χ3v) is 3.92. The molecule has 0 radical (unpaired) electrons. The molecule has 3 N–H and O–H groups in total. The Balaban J connectivity index is 1.98. The van der Waals surface area contributed by atoms with Gasteiger partial charge in [-0.05, 0) is 31.9 Å². The molecule has 5 heteroatoms. The van der Waals surface area contributed by atoms with Gasteiger partial charge in [0.2, 0.25) is 0 Å². The molecule has 20 heavy (non-hydrogen) atoms. The summed E-state index contributed by atoms with van der Waals surface area (Å²) < 4.78 is 19.2. The van der Waals surface area contributed by atoms with Gasteiger partial charge in [0.15, 0.2) is 0 Å². The third kappa shape index (κ3) is 3.10. The first-order valence-electron chi connectivity index (χ1n) is 6.98. The molecule has 2 rings (SSSR count). The van der Waals surface area contributed by atoms with E-state index in [1.165, 1.54) is 12.1 Å². The Hall–Kier alpha value is -1.62. The normalized spacial score (nSPS) is 21.9. The fourth-order valence-electron chi connectivity index (χ4n) is 2.53. The van der Waals surface area contributed by atoms with Crippen LogP contribution in [0.5, 0.6) is 0 Å². The summed E-state index contributed by atoms with van der Waals surface area (Å²) in [6, 6.07) is 2.74. The molecule has 2 unspecified atom stereocenters. The number of nitrogens with two attached hydrogens (primary N) is 1. The summed E-state index contributed by atoms with van der Waals surface area (Å²) in [5.74, 6) is -0.417. The SMILES string of the molecule is CCC1OCCC1CNC(=O)c1cc(N)c(C)c(F)c1. The molecule has 1 amide bonds. The highest BCUT2D eigenvalue weighted by atomic mass is 19.1. The average molecular weight is 280 g/mol. The Kier molecular flexibility index (Phi) is 4.60. The Bertz CT molecular complexity index is 482. The molecule has 1 heterocycles. The lowest BCUT2D eigenvalue weighted by molar-refractivity contribution is 0.0826. The van der Waals surface area contributed by atoms with Crippen molar-refractivity contribution in [1.82, 2.24) is 5.32 Å². The smallest absolute Gasteiger partial charge is 0.251 e. The van der Waals surface area contributed by atoms with E-state index in [0.29, 0.717) is 23.7 Å². The molecule has 0 saturated carbocycles. The predicted octanol–water partition coefficient (Wildman–Crippen LogP) is 2.26. The van der Waals surface area contributed by atoms with E-state index >= 15 is 0 Å². The fraction of sp³-hybridized carbons (Fsp3) is 0.533. The first kappa shape index (κ1) is 14.8. The van der Waals surface area contributed by atoms with Gasteiger partial charge in [0.05, 0.1) is 6.10 Å². The standard InChI is InChI=1S/C15H21FN2O2/c1-3-14-10(4-5-20-14)8-18-15(19)11-6-12(16)9(2)13(17)7-11/h6-7,10,14H,3-5,8,17H2,1-2H3,(H,18,19). The van der Waals surface area contributed by atoms with Crippen LogP contribution < -0.4 is 11.1 Å². The number of hydrogen-bond acceptors (Lipinski definition) is 3. The van der Waals surface area contributed by atoms with Crippen molar-refractivity contribution in [3.8, 4) is 0 Å². The number of benzene rings is 1. The summed E-state index contributed by atoms with van der Waals surface area (Å²) >= 11 is 0. The first-order valence-corrected chi connectivity index (χ1v) is 6.98. The topological polar surface area (TPSA) is 64.3 Å². The quantitative estimate of drug-likeness (QED) is 0.831. The van der Waals surface area contributed by atoms with Crippen LogP contribution in [0.4, 0.5) is 10.1 Å². The highest BCUT2D eigenvalue weighted by Crippen LogP contribution is 2.23. The van der Waals surface area contributed by atoms with Crippen LogP contribution in [0.1, 0.15) is 35.7 Å². The van der Waals surface area contributed by atoms with Crippen molar-refractivity contribution in [2.45, 2.75) is 32.8 Å². The van der Waals surface area contributed by atoms with E-state index in [2.05, 4.69) is 12.2 Å². The second kappa shape index (κ2) is 6.22. The summed E-state index contributed by atoms with van der Waals surface area (Å²) in [6.45, 7) is 4.95. The molecule has 1 aromatic rings.